The molecule has 5 atom stereocenters. The number of benzene rings is 3. The third-order valence-corrected chi connectivity index (χ3v) is 8.78. The molecule has 1 fully saturated rings. The molecule has 0 spiro atoms. The molecular formula is C35H36FN5O7. The molecule has 4 N–H and O–H groups in total. The Kier molecular flexibility index (Phi) is 9.01. The molecule has 0 bridgehead atoms. The summed E-state index contributed by atoms with van der Waals surface area (Å²) in [4.78, 5) is 36.0. The molecule has 5 aromatic rings. The Bertz CT molecular complexity index is 1900. The monoisotopic (exact) mass is 657 g/mol. The highest BCUT2D eigenvalue weighted by Gasteiger charge is 2.56. The van der Waals surface area contributed by atoms with Crippen molar-refractivity contribution in [2.45, 2.75) is 50.0 Å². The number of aliphatic hydroxyl groups is 2. The number of H-pyrrole nitrogens is 1. The van der Waals surface area contributed by atoms with Crippen molar-refractivity contribution in [2.75, 3.05) is 19.5 Å². The number of fused-ring (bicyclic) bond motifs is 1. The van der Waals surface area contributed by atoms with Gasteiger partial charge in [-0.3, -0.25) is 24.5 Å². The van der Waals surface area contributed by atoms with E-state index < -0.39 is 53.5 Å². The molecule has 1 aliphatic heterocycles. The van der Waals surface area contributed by atoms with Gasteiger partial charge in [0.25, 0.3) is 5.56 Å². The minimum absolute atomic E-state index is 0.0765. The van der Waals surface area contributed by atoms with Gasteiger partial charge in [-0.2, -0.15) is 4.98 Å². The van der Waals surface area contributed by atoms with Crippen molar-refractivity contribution in [3.63, 3.8) is 0 Å². The summed E-state index contributed by atoms with van der Waals surface area (Å²) in [6, 6.07) is 23.4. The highest BCUT2D eigenvalue weighted by molar-refractivity contribution is 5.91. The Balaban J connectivity index is 1.48. The molecule has 13 heteroatoms. The number of rotatable bonds is 10. The van der Waals surface area contributed by atoms with Crippen LogP contribution in [0.1, 0.15) is 36.8 Å². The normalized spacial score (nSPS) is 20.2. The largest absolute Gasteiger partial charge is 0.497 e. The van der Waals surface area contributed by atoms with Gasteiger partial charge in [-0.1, -0.05) is 68.4 Å². The molecular weight excluding hydrogens is 621 g/mol. The number of ether oxygens (including phenoxy) is 3. The average Bonchev–Trinajstić information content (AvgIpc) is 3.66. The van der Waals surface area contributed by atoms with E-state index in [9.17, 15) is 19.8 Å². The molecule has 1 unspecified atom stereocenters. The lowest BCUT2D eigenvalue weighted by Crippen LogP contribution is -2.52. The van der Waals surface area contributed by atoms with Crippen molar-refractivity contribution in [3.8, 4) is 11.5 Å². The summed E-state index contributed by atoms with van der Waals surface area (Å²) in [5, 5.41) is 26.6. The lowest BCUT2D eigenvalue weighted by Gasteiger charge is -2.42. The summed E-state index contributed by atoms with van der Waals surface area (Å²) in [5.74, 6) is 0.231. The molecule has 1 saturated heterocycles. The van der Waals surface area contributed by atoms with Gasteiger partial charge in [-0.05, 0) is 41.0 Å². The van der Waals surface area contributed by atoms with Crippen molar-refractivity contribution in [1.29, 1.82) is 0 Å². The first-order valence-electron chi connectivity index (χ1n) is 15.4. The molecule has 0 aliphatic carbocycles. The van der Waals surface area contributed by atoms with Crippen LogP contribution in [-0.4, -0.2) is 74.3 Å². The minimum Gasteiger partial charge on any atom is -0.497 e. The van der Waals surface area contributed by atoms with E-state index in [0.717, 1.165) is 0 Å². The van der Waals surface area contributed by atoms with Crippen LogP contribution in [0, 0.1) is 5.92 Å². The molecule has 0 radical (unpaired) electrons. The van der Waals surface area contributed by atoms with Crippen LogP contribution in [0.25, 0.3) is 11.2 Å². The molecule has 2 aromatic heterocycles. The quantitative estimate of drug-likeness (QED) is 0.164. The maximum absolute atomic E-state index is 16.2. The SMILES string of the molecule is COc1ccc(C(c2ccccc2)(c2ccc(OC)cc2)C(O)[C@H]2O[C@@H](n3cnc4c(=O)[nH]c(NC(=O)C(C)C)nc43)[C@H](F)[C@@H]2O)cc1. The molecule has 48 heavy (non-hydrogen) atoms. The number of anilines is 1. The van der Waals surface area contributed by atoms with Crippen molar-refractivity contribution in [2.24, 2.45) is 5.92 Å². The number of nitrogens with one attached hydrogen (secondary N) is 2. The predicted molar refractivity (Wildman–Crippen MR) is 175 cm³/mol. The van der Waals surface area contributed by atoms with Crippen LogP contribution < -0.4 is 20.3 Å². The van der Waals surface area contributed by atoms with Crippen LogP contribution in [0.5, 0.6) is 11.5 Å². The summed E-state index contributed by atoms with van der Waals surface area (Å²) in [6.45, 7) is 3.35. The van der Waals surface area contributed by atoms with E-state index in [4.69, 9.17) is 14.2 Å². The third kappa shape index (κ3) is 5.59. The zero-order chi connectivity index (χ0) is 34.2. The summed E-state index contributed by atoms with van der Waals surface area (Å²) >= 11 is 0. The number of methoxy groups -OCH3 is 2. The molecule has 12 nitrogen and oxygen atoms in total. The van der Waals surface area contributed by atoms with E-state index in [1.807, 2.05) is 30.3 Å². The number of aromatic amines is 1. The molecule has 0 saturated carbocycles. The zero-order valence-corrected chi connectivity index (χ0v) is 26.7. The topological polar surface area (TPSA) is 161 Å². The first kappa shape index (κ1) is 32.8. The van der Waals surface area contributed by atoms with Crippen LogP contribution in [0.15, 0.2) is 90.0 Å². The zero-order valence-electron chi connectivity index (χ0n) is 26.7. The van der Waals surface area contributed by atoms with Crippen LogP contribution in [0.4, 0.5) is 10.3 Å². The van der Waals surface area contributed by atoms with E-state index in [1.54, 1.807) is 76.6 Å². The molecule has 3 heterocycles. The third-order valence-electron chi connectivity index (χ3n) is 8.78. The van der Waals surface area contributed by atoms with Gasteiger partial charge in [-0.15, -0.1) is 0 Å². The Morgan fingerprint density at radius 2 is 1.54 bits per heavy atom. The summed E-state index contributed by atoms with van der Waals surface area (Å²) in [6.07, 6.45) is -7.31. The van der Waals surface area contributed by atoms with Crippen LogP contribution >= 0.6 is 0 Å². The molecule has 6 rings (SSSR count). The van der Waals surface area contributed by atoms with Gasteiger partial charge in [0, 0.05) is 5.92 Å². The fourth-order valence-electron chi connectivity index (χ4n) is 6.25. The van der Waals surface area contributed by atoms with Crippen LogP contribution in [0.2, 0.25) is 0 Å². The highest BCUT2D eigenvalue weighted by atomic mass is 19.1. The minimum atomic E-state index is -2.07. The van der Waals surface area contributed by atoms with Crippen molar-refractivity contribution < 1.29 is 33.6 Å². The Labute approximate surface area is 275 Å². The van der Waals surface area contributed by atoms with Crippen molar-refractivity contribution in [3.05, 3.63) is 112 Å². The second-order valence-electron chi connectivity index (χ2n) is 11.9. The van der Waals surface area contributed by atoms with Crippen molar-refractivity contribution >= 4 is 23.0 Å². The summed E-state index contributed by atoms with van der Waals surface area (Å²) < 4.78 is 34.4. The van der Waals surface area contributed by atoms with E-state index in [2.05, 4.69) is 20.3 Å². The van der Waals surface area contributed by atoms with E-state index >= 15 is 4.39 Å². The molecule has 3 aromatic carbocycles. The lowest BCUT2D eigenvalue weighted by molar-refractivity contribution is -0.118. The fourth-order valence-corrected chi connectivity index (χ4v) is 6.25. The number of hydrogen-bond donors (Lipinski definition) is 4. The first-order valence-corrected chi connectivity index (χ1v) is 15.4. The predicted octanol–water partition coefficient (Wildman–Crippen LogP) is 3.72. The number of imidazole rings is 1. The van der Waals surface area contributed by atoms with Gasteiger partial charge in [0.1, 0.15) is 29.8 Å². The second kappa shape index (κ2) is 13.2. The molecule has 250 valence electrons. The lowest BCUT2D eigenvalue weighted by atomic mass is 9.64. The molecule has 1 amide bonds. The van der Waals surface area contributed by atoms with Gasteiger partial charge >= 0.3 is 0 Å². The number of nitrogens with zero attached hydrogens (tertiary/aromatic N) is 3. The number of alkyl halides is 1. The number of aromatic nitrogens is 4. The summed E-state index contributed by atoms with van der Waals surface area (Å²) in [5.41, 5.74) is -0.378. The Morgan fingerprint density at radius 3 is 2.08 bits per heavy atom. The van der Waals surface area contributed by atoms with Gasteiger partial charge in [0.2, 0.25) is 11.9 Å². The van der Waals surface area contributed by atoms with Gasteiger partial charge in [0.15, 0.2) is 23.6 Å². The maximum Gasteiger partial charge on any atom is 0.280 e. The van der Waals surface area contributed by atoms with Gasteiger partial charge in [0.05, 0.1) is 26.0 Å². The Hall–Kier alpha value is -5.11. The first-order chi connectivity index (χ1) is 23.1. The number of amides is 1. The smallest absolute Gasteiger partial charge is 0.280 e. The number of hydrogen-bond acceptors (Lipinski definition) is 9. The second-order valence-corrected chi connectivity index (χ2v) is 11.9. The summed E-state index contributed by atoms with van der Waals surface area (Å²) in [7, 11) is 3.09. The van der Waals surface area contributed by atoms with E-state index in [0.29, 0.717) is 28.2 Å². The molecule has 1 aliphatic rings. The number of aliphatic hydroxyl groups excluding tert-OH is 2. The number of carbonyl (C=O) groups is 1. The van der Waals surface area contributed by atoms with Crippen LogP contribution in [-0.2, 0) is 14.9 Å². The standard InChI is InChI=1S/C35H36FN5O7/c1-19(2)31(44)39-34-38-30-26(32(45)40-34)37-18-41(30)33-25(36)27(42)28(48-33)29(43)35(20-8-6-5-7-9-20,21-10-14-23(46-3)15-11-21)22-12-16-24(47-4)17-13-22/h5-19,25,27-29,33,42-43H,1-4H3,(H2,38,39,40,44,45)/t25-,27+,28+,29?,33-/m1/s1. The van der Waals surface area contributed by atoms with Gasteiger partial charge < -0.3 is 24.4 Å². The van der Waals surface area contributed by atoms with Crippen molar-refractivity contribution in [1.82, 2.24) is 19.5 Å². The maximum atomic E-state index is 16.2. The Morgan fingerprint density at radius 1 is 0.979 bits per heavy atom. The van der Waals surface area contributed by atoms with Crippen LogP contribution in [0.3, 0.4) is 0 Å². The van der Waals surface area contributed by atoms with Gasteiger partial charge in [-0.25, -0.2) is 9.37 Å². The highest BCUT2D eigenvalue weighted by Crippen LogP contribution is 2.48. The number of halogens is 1. The van der Waals surface area contributed by atoms with E-state index in [1.165, 1.54) is 10.9 Å². The average molecular weight is 658 g/mol. The van der Waals surface area contributed by atoms with E-state index in [-0.39, 0.29) is 17.1 Å². The number of carbonyl (C=O) groups excluding carboxylic acids is 1. The fraction of sp³-hybridized carbons (Fsp3) is 0.314.